The van der Waals surface area contributed by atoms with Crippen LogP contribution in [0.5, 0.6) is 0 Å². The Hall–Kier alpha value is -2.56. The molecule has 0 saturated carbocycles. The zero-order valence-electron chi connectivity index (χ0n) is 14.3. The van der Waals surface area contributed by atoms with E-state index in [1.54, 1.807) is 4.90 Å². The summed E-state index contributed by atoms with van der Waals surface area (Å²) < 4.78 is 0. The zero-order valence-corrected chi connectivity index (χ0v) is 14.3. The maximum atomic E-state index is 12.4. The maximum absolute atomic E-state index is 12.4. The monoisotopic (exact) mass is 336 g/mol. The van der Waals surface area contributed by atoms with Crippen LogP contribution in [0.25, 0.3) is 0 Å². The van der Waals surface area contributed by atoms with Gasteiger partial charge in [0.05, 0.1) is 0 Å². The molecule has 0 aromatic rings. The highest BCUT2D eigenvalue weighted by Gasteiger charge is 2.25. The van der Waals surface area contributed by atoms with Crippen molar-refractivity contribution < 1.29 is 19.5 Å². The molecule has 132 valence electrons. The van der Waals surface area contributed by atoms with Crippen molar-refractivity contribution in [2.24, 2.45) is 5.92 Å². The van der Waals surface area contributed by atoms with Crippen LogP contribution < -0.4 is 5.32 Å². The summed E-state index contributed by atoms with van der Waals surface area (Å²) >= 11 is 0. The molecule has 1 aliphatic heterocycles. The van der Waals surface area contributed by atoms with Crippen molar-refractivity contribution in [3.63, 3.8) is 0 Å². The van der Waals surface area contributed by atoms with Gasteiger partial charge >= 0.3 is 5.97 Å². The first-order valence-electron chi connectivity index (χ1n) is 7.90. The number of nitriles is 1. The van der Waals surface area contributed by atoms with Crippen LogP contribution in [0.3, 0.4) is 0 Å². The van der Waals surface area contributed by atoms with Gasteiger partial charge in [0.25, 0.3) is 5.91 Å². The van der Waals surface area contributed by atoms with Crippen molar-refractivity contribution >= 4 is 17.8 Å². The number of carbonyl (C=O) groups excluding carboxylic acids is 2. The lowest BCUT2D eigenvalue weighted by Crippen LogP contribution is -2.50. The maximum Gasteiger partial charge on any atom is 0.326 e. The molecule has 0 aliphatic carbocycles. The van der Waals surface area contributed by atoms with Gasteiger partial charge in [0.15, 0.2) is 0 Å². The van der Waals surface area contributed by atoms with E-state index in [4.69, 9.17) is 5.11 Å². The molecule has 0 aromatic carbocycles. The fourth-order valence-corrected chi connectivity index (χ4v) is 2.43. The van der Waals surface area contributed by atoms with Gasteiger partial charge in [-0.25, -0.2) is 4.79 Å². The summed E-state index contributed by atoms with van der Waals surface area (Å²) in [5.41, 5.74) is -0.138. The van der Waals surface area contributed by atoms with E-state index in [1.165, 1.54) is 18.0 Å². The quantitative estimate of drug-likeness (QED) is 0.528. The Morgan fingerprint density at radius 1 is 1.21 bits per heavy atom. The molecule has 1 rings (SSSR count). The van der Waals surface area contributed by atoms with E-state index in [2.05, 4.69) is 5.32 Å². The van der Waals surface area contributed by atoms with Gasteiger partial charge in [0.2, 0.25) is 5.91 Å². The molecule has 0 bridgehead atoms. The average Bonchev–Trinajstić information content (AvgIpc) is 2.53. The summed E-state index contributed by atoms with van der Waals surface area (Å²) in [7, 11) is 0. The molecule has 2 N–H and O–H groups in total. The number of hydrogen-bond donors (Lipinski definition) is 2. The lowest BCUT2D eigenvalue weighted by atomic mass is 10.0. The molecule has 1 unspecified atom stereocenters. The first kappa shape index (κ1) is 19.5. The van der Waals surface area contributed by atoms with E-state index in [0.717, 1.165) is 0 Å². The summed E-state index contributed by atoms with van der Waals surface area (Å²) in [5.74, 6) is -1.37. The van der Waals surface area contributed by atoms with E-state index >= 15 is 0 Å². The number of piperazine rings is 1. The Morgan fingerprint density at radius 3 is 2.17 bits per heavy atom. The van der Waals surface area contributed by atoms with Gasteiger partial charge in [-0.1, -0.05) is 13.8 Å². The Kier molecular flexibility index (Phi) is 7.24. The number of amides is 2. The Morgan fingerprint density at radius 2 is 1.75 bits per heavy atom. The lowest BCUT2D eigenvalue weighted by Gasteiger charge is -2.34. The topological polar surface area (TPSA) is 114 Å². The van der Waals surface area contributed by atoms with Crippen LogP contribution in [-0.4, -0.2) is 64.9 Å². The number of carboxylic acids is 1. The second-order valence-electron chi connectivity index (χ2n) is 6.16. The summed E-state index contributed by atoms with van der Waals surface area (Å²) in [6, 6.07) is 0.963. The molecule has 8 heteroatoms. The van der Waals surface area contributed by atoms with Crippen LogP contribution in [-0.2, 0) is 14.4 Å². The smallest absolute Gasteiger partial charge is 0.326 e. The molecule has 24 heavy (non-hydrogen) atoms. The van der Waals surface area contributed by atoms with Crippen LogP contribution in [0.15, 0.2) is 11.8 Å². The number of carboxylic acid groups (broad SMARTS) is 1. The fraction of sp³-hybridized carbons (Fsp3) is 0.625. The molecular formula is C16H24N4O4. The van der Waals surface area contributed by atoms with E-state index in [9.17, 15) is 19.6 Å². The Labute approximate surface area is 141 Å². The summed E-state index contributed by atoms with van der Waals surface area (Å²) in [4.78, 5) is 38.0. The number of nitrogens with zero attached hydrogens (tertiary/aromatic N) is 3. The van der Waals surface area contributed by atoms with Crippen LogP contribution in [0.4, 0.5) is 0 Å². The molecule has 0 spiro atoms. The third-order valence-corrected chi connectivity index (χ3v) is 3.80. The van der Waals surface area contributed by atoms with Gasteiger partial charge in [-0.3, -0.25) is 9.59 Å². The highest BCUT2D eigenvalue weighted by atomic mass is 16.4. The van der Waals surface area contributed by atoms with Gasteiger partial charge in [-0.2, -0.15) is 5.26 Å². The van der Waals surface area contributed by atoms with Gasteiger partial charge in [0.1, 0.15) is 17.7 Å². The molecule has 8 nitrogen and oxygen atoms in total. The second-order valence-corrected chi connectivity index (χ2v) is 6.16. The number of aliphatic carboxylic acids is 1. The van der Waals surface area contributed by atoms with Crippen LogP contribution in [0, 0.1) is 17.2 Å². The van der Waals surface area contributed by atoms with E-state index in [-0.39, 0.29) is 17.4 Å². The van der Waals surface area contributed by atoms with Crippen molar-refractivity contribution in [3.05, 3.63) is 11.8 Å². The third kappa shape index (κ3) is 5.57. The molecule has 0 aromatic heterocycles. The van der Waals surface area contributed by atoms with Crippen LogP contribution >= 0.6 is 0 Å². The van der Waals surface area contributed by atoms with Crippen molar-refractivity contribution in [1.82, 2.24) is 15.1 Å². The first-order chi connectivity index (χ1) is 11.3. The lowest BCUT2D eigenvalue weighted by molar-refractivity contribution is -0.139. The van der Waals surface area contributed by atoms with Gasteiger partial charge in [0, 0.05) is 39.3 Å². The normalized spacial score (nSPS) is 16.5. The Bertz CT molecular complexity index is 557. The highest BCUT2D eigenvalue weighted by Crippen LogP contribution is 2.09. The van der Waals surface area contributed by atoms with Crippen LogP contribution in [0.1, 0.15) is 27.2 Å². The molecule has 1 saturated heterocycles. The summed E-state index contributed by atoms with van der Waals surface area (Å²) in [5, 5.41) is 21.0. The molecule has 1 fully saturated rings. The molecule has 1 aliphatic rings. The number of nitrogens with one attached hydrogen (secondary N) is 1. The van der Waals surface area contributed by atoms with Crippen molar-refractivity contribution in [2.45, 2.75) is 33.2 Å². The standard InChI is InChI=1S/C16H24N4O4/c1-11(2)8-14(16(23)24)18-10-13(9-17)15(22)20-6-4-19(5-7-20)12(3)21/h10-11,14,18H,4-8H2,1-3H3,(H,23,24)/b13-10-. The van der Waals surface area contributed by atoms with Crippen molar-refractivity contribution in [1.29, 1.82) is 5.26 Å². The second kappa shape index (κ2) is 8.91. The number of carbonyl (C=O) groups is 3. The third-order valence-electron chi connectivity index (χ3n) is 3.80. The van der Waals surface area contributed by atoms with Gasteiger partial charge in [-0.15, -0.1) is 0 Å². The summed E-state index contributed by atoms with van der Waals surface area (Å²) in [6.07, 6.45) is 1.57. The molecular weight excluding hydrogens is 312 g/mol. The predicted molar refractivity (Wildman–Crippen MR) is 86.5 cm³/mol. The number of rotatable bonds is 6. The molecule has 1 atom stereocenters. The molecule has 1 heterocycles. The van der Waals surface area contributed by atoms with Gasteiger partial charge in [-0.05, 0) is 12.3 Å². The van der Waals surface area contributed by atoms with E-state index < -0.39 is 17.9 Å². The average molecular weight is 336 g/mol. The van der Waals surface area contributed by atoms with Crippen molar-refractivity contribution in [2.75, 3.05) is 26.2 Å². The zero-order chi connectivity index (χ0) is 18.3. The highest BCUT2D eigenvalue weighted by molar-refractivity contribution is 5.97. The van der Waals surface area contributed by atoms with Gasteiger partial charge < -0.3 is 20.2 Å². The van der Waals surface area contributed by atoms with Crippen molar-refractivity contribution in [3.8, 4) is 6.07 Å². The first-order valence-corrected chi connectivity index (χ1v) is 7.90. The van der Waals surface area contributed by atoms with E-state index in [0.29, 0.717) is 32.6 Å². The SMILES string of the molecule is CC(=O)N1CCN(C(=O)/C(C#N)=C\NC(CC(C)C)C(=O)O)CC1. The van der Waals surface area contributed by atoms with Crippen LogP contribution in [0.2, 0.25) is 0 Å². The minimum atomic E-state index is -1.03. The minimum absolute atomic E-state index is 0.0437. The van der Waals surface area contributed by atoms with E-state index in [1.807, 2.05) is 19.9 Å². The fourth-order valence-electron chi connectivity index (χ4n) is 2.43. The number of hydrogen-bond acceptors (Lipinski definition) is 5. The molecule has 2 amide bonds. The summed E-state index contributed by atoms with van der Waals surface area (Å²) in [6.45, 7) is 6.83. The minimum Gasteiger partial charge on any atom is -0.480 e. The Balaban J connectivity index is 2.71. The predicted octanol–water partition coefficient (Wildman–Crippen LogP) is 0.173. The largest absolute Gasteiger partial charge is 0.480 e. The molecule has 0 radical (unpaired) electrons.